The average Bonchev–Trinajstić information content (AvgIpc) is 3.37. The first-order valence-corrected chi connectivity index (χ1v) is 19.3. The van der Waals surface area contributed by atoms with Crippen molar-refractivity contribution in [1.82, 2.24) is 0 Å². The molecule has 1 heterocycles. The molecule has 0 saturated carbocycles. The third kappa shape index (κ3) is 7.80. The SMILES string of the molecule is CN(c1ccccc1)c1ccccc1[CH]=[Ru]([Cl])[Cl].Cc1cc(C)c(N2[CH-]N(c3c(C)cc(C)cc3C)CC2)c(C)c1. The number of hydrogen-bond acceptors (Lipinski definition) is 3. The summed E-state index contributed by atoms with van der Waals surface area (Å²) in [7, 11) is 14.0. The fourth-order valence-corrected chi connectivity index (χ4v) is 7.66. The van der Waals surface area contributed by atoms with Crippen molar-refractivity contribution in [3.63, 3.8) is 0 Å². The summed E-state index contributed by atoms with van der Waals surface area (Å²) in [5, 5.41) is 0. The predicted octanol–water partition coefficient (Wildman–Crippen LogP) is 9.51. The molecule has 218 valence electrons. The first kappa shape index (κ1) is 31.3. The summed E-state index contributed by atoms with van der Waals surface area (Å²) < 4.78 is 1.97. The summed E-state index contributed by atoms with van der Waals surface area (Å²) in [5.74, 6) is 0. The van der Waals surface area contributed by atoms with E-state index in [4.69, 9.17) is 19.4 Å². The van der Waals surface area contributed by atoms with Crippen LogP contribution in [0.25, 0.3) is 0 Å². The van der Waals surface area contributed by atoms with Gasteiger partial charge in [0, 0.05) is 24.5 Å². The Bertz CT molecular complexity index is 1420. The van der Waals surface area contributed by atoms with E-state index in [1.54, 1.807) is 0 Å². The summed E-state index contributed by atoms with van der Waals surface area (Å²) in [6.45, 7) is 17.6. The molecular formula is C35H40Cl2N3Ru-. The fraction of sp³-hybridized carbons (Fsp3) is 0.257. The number of rotatable bonds is 5. The van der Waals surface area contributed by atoms with Crippen LogP contribution in [0.4, 0.5) is 22.7 Å². The van der Waals surface area contributed by atoms with Crippen LogP contribution in [0.3, 0.4) is 0 Å². The van der Waals surface area contributed by atoms with Gasteiger partial charge in [-0.25, -0.2) is 0 Å². The van der Waals surface area contributed by atoms with Crippen molar-refractivity contribution in [2.24, 2.45) is 0 Å². The van der Waals surface area contributed by atoms with Gasteiger partial charge in [0.1, 0.15) is 0 Å². The van der Waals surface area contributed by atoms with Crippen LogP contribution >= 0.6 is 19.4 Å². The van der Waals surface area contributed by atoms with Gasteiger partial charge in [-0.15, -0.1) is 0 Å². The second kappa shape index (κ2) is 14.0. The van der Waals surface area contributed by atoms with Crippen LogP contribution in [0.2, 0.25) is 0 Å². The van der Waals surface area contributed by atoms with E-state index in [1.165, 1.54) is 44.8 Å². The maximum absolute atomic E-state index is 5.97. The second-order valence-electron chi connectivity index (χ2n) is 10.8. The molecule has 3 nitrogen and oxygen atoms in total. The number of anilines is 4. The Morgan fingerprint density at radius 1 is 0.683 bits per heavy atom. The zero-order chi connectivity index (χ0) is 29.7. The standard InChI is InChI=1S/C21H27N2.C14H13N.2ClH.Ru/c1-14-9-16(3)20(17(4)10-14)22-7-8-23(13-22)21-18(5)11-15(2)12-19(21)6;1-12-8-6-7-11-14(12)15(2)13-9-4-3-5-10-13;;;/h9-13H,7-8H2,1-6H3;1,3-11H,2H3;2*1H;/q-1;;;;+2/p-2. The smallest absolute Gasteiger partial charge is 0.0146 e. The van der Waals surface area contributed by atoms with Crippen LogP contribution in [-0.2, 0) is 13.5 Å². The maximum atomic E-state index is 5.97. The quantitative estimate of drug-likeness (QED) is 0.154. The molecule has 0 bridgehead atoms. The first-order chi connectivity index (χ1) is 19.5. The molecule has 0 atom stereocenters. The van der Waals surface area contributed by atoms with E-state index in [0.717, 1.165) is 30.0 Å². The second-order valence-corrected chi connectivity index (χ2v) is 16.5. The zero-order valence-corrected chi connectivity index (χ0v) is 28.3. The third-order valence-electron chi connectivity index (χ3n) is 7.33. The number of para-hydroxylation sites is 2. The summed E-state index contributed by atoms with van der Waals surface area (Å²) >= 11 is -1.81. The number of benzene rings is 4. The molecule has 1 aliphatic rings. The Morgan fingerprint density at radius 3 is 1.59 bits per heavy atom. The largest absolute Gasteiger partial charge is 0.502 e. The number of aryl methyl sites for hydroxylation is 6. The van der Waals surface area contributed by atoms with E-state index < -0.39 is 13.5 Å². The first-order valence-electron chi connectivity index (χ1n) is 13.8. The van der Waals surface area contributed by atoms with E-state index in [0.29, 0.717) is 0 Å². The molecule has 0 unspecified atom stereocenters. The molecule has 0 aliphatic carbocycles. The van der Waals surface area contributed by atoms with Gasteiger partial charge in [-0.1, -0.05) is 35.4 Å². The molecule has 4 aromatic rings. The molecule has 0 spiro atoms. The summed E-state index contributed by atoms with van der Waals surface area (Å²) in [6, 6.07) is 27.5. The van der Waals surface area contributed by atoms with Crippen molar-refractivity contribution in [3.8, 4) is 0 Å². The summed E-state index contributed by atoms with van der Waals surface area (Å²) in [5.41, 5.74) is 14.2. The Labute approximate surface area is 259 Å². The molecule has 1 fully saturated rings. The minimum absolute atomic E-state index is 1.04. The molecular weight excluding hydrogens is 634 g/mol. The third-order valence-corrected chi connectivity index (χ3v) is 9.17. The topological polar surface area (TPSA) is 9.72 Å². The molecule has 1 saturated heterocycles. The number of hydrogen-bond donors (Lipinski definition) is 0. The van der Waals surface area contributed by atoms with E-state index in [-0.39, 0.29) is 0 Å². The molecule has 5 rings (SSSR count). The molecule has 41 heavy (non-hydrogen) atoms. The van der Waals surface area contributed by atoms with Gasteiger partial charge in [-0.05, 0) is 63.8 Å². The van der Waals surface area contributed by atoms with Crippen molar-refractivity contribution in [1.29, 1.82) is 0 Å². The van der Waals surface area contributed by atoms with E-state index in [9.17, 15) is 0 Å². The van der Waals surface area contributed by atoms with Crippen molar-refractivity contribution in [3.05, 3.63) is 124 Å². The average molecular weight is 675 g/mol. The maximum Gasteiger partial charge on any atom is 0.0146 e. The van der Waals surface area contributed by atoms with Gasteiger partial charge in [0.25, 0.3) is 0 Å². The van der Waals surface area contributed by atoms with Crippen LogP contribution in [-0.4, -0.2) is 24.7 Å². The normalized spacial score (nSPS) is 13.0. The monoisotopic (exact) mass is 674 g/mol. The van der Waals surface area contributed by atoms with E-state index >= 15 is 0 Å². The van der Waals surface area contributed by atoms with Crippen molar-refractivity contribution < 1.29 is 13.5 Å². The predicted molar refractivity (Wildman–Crippen MR) is 178 cm³/mol. The van der Waals surface area contributed by atoms with Gasteiger partial charge in [0.05, 0.1) is 0 Å². The molecule has 0 amide bonds. The summed E-state index contributed by atoms with van der Waals surface area (Å²) in [4.78, 5) is 6.95. The molecule has 0 radical (unpaired) electrons. The molecule has 0 aromatic heterocycles. The van der Waals surface area contributed by atoms with Crippen LogP contribution in [0.1, 0.15) is 38.9 Å². The Kier molecular flexibility index (Phi) is 10.7. The van der Waals surface area contributed by atoms with Crippen molar-refractivity contribution in [2.75, 3.05) is 34.8 Å². The van der Waals surface area contributed by atoms with Gasteiger partial charge in [-0.3, -0.25) is 0 Å². The Morgan fingerprint density at radius 2 is 1.12 bits per heavy atom. The van der Waals surface area contributed by atoms with Gasteiger partial charge < -0.3 is 9.80 Å². The Hall–Kier alpha value is -2.65. The van der Waals surface area contributed by atoms with E-state index in [1.807, 2.05) is 48.1 Å². The van der Waals surface area contributed by atoms with Crippen LogP contribution in [0, 0.1) is 48.2 Å². The van der Waals surface area contributed by atoms with Crippen molar-refractivity contribution in [2.45, 2.75) is 41.5 Å². The minimum Gasteiger partial charge on any atom is -0.502 e. The number of halogens is 2. The van der Waals surface area contributed by atoms with Crippen LogP contribution < -0.4 is 14.7 Å². The molecule has 0 N–H and O–H groups in total. The summed E-state index contributed by atoms with van der Waals surface area (Å²) in [6.07, 6.45) is 0. The van der Waals surface area contributed by atoms with Crippen LogP contribution in [0.15, 0.2) is 78.9 Å². The van der Waals surface area contributed by atoms with E-state index in [2.05, 4.69) is 105 Å². The van der Waals surface area contributed by atoms with Gasteiger partial charge in [0.2, 0.25) is 0 Å². The zero-order valence-electron chi connectivity index (χ0n) is 25.0. The Balaban J connectivity index is 0.000000195. The number of nitrogens with zero attached hydrogens (tertiary/aromatic N) is 3. The minimum atomic E-state index is -1.81. The van der Waals surface area contributed by atoms with Gasteiger partial charge in [-0.2, -0.15) is 6.67 Å². The van der Waals surface area contributed by atoms with Gasteiger partial charge in [0.15, 0.2) is 0 Å². The van der Waals surface area contributed by atoms with Crippen molar-refractivity contribution >= 4 is 46.7 Å². The van der Waals surface area contributed by atoms with Crippen LogP contribution in [0.5, 0.6) is 0 Å². The molecule has 6 heteroatoms. The van der Waals surface area contributed by atoms with Gasteiger partial charge >= 0.3 is 121 Å². The molecule has 4 aromatic carbocycles. The molecule has 1 aliphatic heterocycles. The fourth-order valence-electron chi connectivity index (χ4n) is 5.84.